The summed E-state index contributed by atoms with van der Waals surface area (Å²) < 4.78 is 5.77. The van der Waals surface area contributed by atoms with Crippen molar-refractivity contribution in [1.82, 2.24) is 0 Å². The number of aryl methyl sites for hydroxylation is 1. The van der Waals surface area contributed by atoms with E-state index in [1.807, 2.05) is 31.2 Å². The van der Waals surface area contributed by atoms with Gasteiger partial charge in [0.05, 0.1) is 5.56 Å². The minimum absolute atomic E-state index is 0.237. The second-order valence-corrected chi connectivity index (χ2v) is 4.74. The van der Waals surface area contributed by atoms with Gasteiger partial charge < -0.3 is 4.42 Å². The smallest absolute Gasteiger partial charge is 0.170 e. The van der Waals surface area contributed by atoms with Crippen LogP contribution in [0.3, 0.4) is 0 Å². The zero-order chi connectivity index (χ0) is 11.8. The number of furan rings is 1. The summed E-state index contributed by atoms with van der Waals surface area (Å²) in [7, 11) is 0. The number of benzene rings is 1. The number of carbonyl (C=O) groups is 1. The Labute approximate surface area is 101 Å². The second kappa shape index (κ2) is 4.02. The van der Waals surface area contributed by atoms with Crippen molar-refractivity contribution < 1.29 is 9.21 Å². The molecule has 1 aliphatic carbocycles. The molecule has 1 aromatic carbocycles. The quantitative estimate of drug-likeness (QED) is 0.744. The molecule has 2 nitrogen and oxygen atoms in total. The van der Waals surface area contributed by atoms with Crippen LogP contribution in [0.15, 0.2) is 28.7 Å². The molecule has 2 aromatic rings. The van der Waals surface area contributed by atoms with Crippen LogP contribution >= 0.6 is 0 Å². The van der Waals surface area contributed by atoms with Crippen LogP contribution in [0.1, 0.15) is 42.3 Å². The van der Waals surface area contributed by atoms with Gasteiger partial charge in [0, 0.05) is 17.7 Å². The van der Waals surface area contributed by atoms with Gasteiger partial charge in [0.15, 0.2) is 5.78 Å². The van der Waals surface area contributed by atoms with Crippen LogP contribution in [0.25, 0.3) is 11.0 Å². The Hall–Kier alpha value is -1.57. The number of hydrogen-bond donors (Lipinski definition) is 0. The molecule has 0 saturated heterocycles. The molecule has 3 rings (SSSR count). The van der Waals surface area contributed by atoms with Gasteiger partial charge in [0.1, 0.15) is 11.3 Å². The molecule has 1 saturated carbocycles. The predicted octanol–water partition coefficient (Wildman–Crippen LogP) is 3.98. The fourth-order valence-corrected chi connectivity index (χ4v) is 2.49. The number of fused-ring (bicyclic) bond motifs is 1. The van der Waals surface area contributed by atoms with Crippen molar-refractivity contribution in [2.45, 2.75) is 32.6 Å². The van der Waals surface area contributed by atoms with Crippen LogP contribution in [0, 0.1) is 5.92 Å². The Morgan fingerprint density at radius 2 is 2.12 bits per heavy atom. The van der Waals surface area contributed by atoms with E-state index in [9.17, 15) is 4.79 Å². The maximum Gasteiger partial charge on any atom is 0.170 e. The summed E-state index contributed by atoms with van der Waals surface area (Å²) in [5.74, 6) is 1.38. The van der Waals surface area contributed by atoms with E-state index in [2.05, 4.69) is 0 Å². The summed E-state index contributed by atoms with van der Waals surface area (Å²) in [4.78, 5) is 12.4. The number of hydrogen-bond acceptors (Lipinski definition) is 2. The number of carbonyl (C=O) groups excluding carboxylic acids is 1. The van der Waals surface area contributed by atoms with Crippen molar-refractivity contribution in [2.24, 2.45) is 5.92 Å². The van der Waals surface area contributed by atoms with Gasteiger partial charge in [-0.2, -0.15) is 0 Å². The van der Waals surface area contributed by atoms with E-state index in [1.165, 1.54) is 6.42 Å². The van der Waals surface area contributed by atoms with Crippen molar-refractivity contribution in [3.05, 3.63) is 35.6 Å². The van der Waals surface area contributed by atoms with Crippen LogP contribution in [0.2, 0.25) is 0 Å². The molecule has 0 aliphatic heterocycles. The molecule has 0 N–H and O–H groups in total. The molecule has 0 unspecified atom stereocenters. The molecular weight excluding hydrogens is 212 g/mol. The lowest BCUT2D eigenvalue weighted by atomic mass is 9.79. The number of rotatable bonds is 3. The molecule has 0 radical (unpaired) electrons. The molecule has 0 atom stereocenters. The average Bonchev–Trinajstić information content (AvgIpc) is 2.64. The first-order valence-electron chi connectivity index (χ1n) is 6.36. The zero-order valence-electron chi connectivity index (χ0n) is 10.0. The summed E-state index contributed by atoms with van der Waals surface area (Å²) in [5.41, 5.74) is 1.68. The van der Waals surface area contributed by atoms with Gasteiger partial charge in [-0.3, -0.25) is 4.79 Å². The lowest BCUT2D eigenvalue weighted by Crippen LogP contribution is -2.22. The lowest BCUT2D eigenvalue weighted by Gasteiger charge is -2.23. The third-order valence-electron chi connectivity index (χ3n) is 3.71. The van der Waals surface area contributed by atoms with Crippen LogP contribution in [-0.4, -0.2) is 5.78 Å². The third kappa shape index (κ3) is 1.59. The highest BCUT2D eigenvalue weighted by atomic mass is 16.3. The predicted molar refractivity (Wildman–Crippen MR) is 67.3 cm³/mol. The van der Waals surface area contributed by atoms with Crippen molar-refractivity contribution in [3.8, 4) is 0 Å². The minimum Gasteiger partial charge on any atom is -0.460 e. The summed E-state index contributed by atoms with van der Waals surface area (Å²) in [6, 6.07) is 7.84. The maximum absolute atomic E-state index is 12.4. The van der Waals surface area contributed by atoms with Crippen LogP contribution in [0.5, 0.6) is 0 Å². The monoisotopic (exact) mass is 228 g/mol. The van der Waals surface area contributed by atoms with Gasteiger partial charge in [-0.25, -0.2) is 0 Å². The topological polar surface area (TPSA) is 30.2 Å². The Kier molecular flexibility index (Phi) is 2.50. The average molecular weight is 228 g/mol. The molecule has 17 heavy (non-hydrogen) atoms. The lowest BCUT2D eigenvalue weighted by molar-refractivity contribution is 0.0854. The fraction of sp³-hybridized carbons (Fsp3) is 0.400. The highest BCUT2D eigenvalue weighted by Gasteiger charge is 2.30. The van der Waals surface area contributed by atoms with Gasteiger partial charge in [-0.05, 0) is 18.9 Å². The standard InChI is InChI=1S/C15H16O2/c1-2-12-14(15(16)10-6-5-7-10)11-8-3-4-9-13(11)17-12/h3-4,8-10H,2,5-7H2,1H3. The van der Waals surface area contributed by atoms with E-state index >= 15 is 0 Å². The Balaban J connectivity index is 2.14. The molecule has 0 bridgehead atoms. The van der Waals surface area contributed by atoms with Crippen molar-refractivity contribution >= 4 is 16.8 Å². The Morgan fingerprint density at radius 3 is 2.76 bits per heavy atom. The first-order valence-corrected chi connectivity index (χ1v) is 6.36. The Bertz CT molecular complexity index is 561. The highest BCUT2D eigenvalue weighted by molar-refractivity contribution is 6.09. The van der Waals surface area contributed by atoms with E-state index in [0.717, 1.165) is 41.6 Å². The van der Waals surface area contributed by atoms with E-state index in [0.29, 0.717) is 0 Å². The van der Waals surface area contributed by atoms with E-state index in [4.69, 9.17) is 4.42 Å². The Morgan fingerprint density at radius 1 is 1.35 bits per heavy atom. The first kappa shape index (κ1) is 10.6. The SMILES string of the molecule is CCc1oc2ccccc2c1C(=O)C1CCC1. The number of ketones is 1. The highest BCUT2D eigenvalue weighted by Crippen LogP contribution is 2.35. The van der Waals surface area contributed by atoms with Gasteiger partial charge in [0.2, 0.25) is 0 Å². The largest absolute Gasteiger partial charge is 0.460 e. The molecule has 0 spiro atoms. The second-order valence-electron chi connectivity index (χ2n) is 4.74. The van der Waals surface area contributed by atoms with Gasteiger partial charge in [-0.15, -0.1) is 0 Å². The molecule has 0 amide bonds. The van der Waals surface area contributed by atoms with Crippen LogP contribution in [0.4, 0.5) is 0 Å². The maximum atomic E-state index is 12.4. The molecule has 1 aromatic heterocycles. The van der Waals surface area contributed by atoms with E-state index < -0.39 is 0 Å². The zero-order valence-corrected chi connectivity index (χ0v) is 10.0. The number of Topliss-reactive ketones (excluding diaryl/α,β-unsaturated/α-hetero) is 1. The summed E-state index contributed by atoms with van der Waals surface area (Å²) >= 11 is 0. The van der Waals surface area contributed by atoms with Gasteiger partial charge in [-0.1, -0.05) is 31.5 Å². The van der Waals surface area contributed by atoms with Crippen LogP contribution < -0.4 is 0 Å². The van der Waals surface area contributed by atoms with Crippen LogP contribution in [-0.2, 0) is 6.42 Å². The van der Waals surface area contributed by atoms with Crippen molar-refractivity contribution in [3.63, 3.8) is 0 Å². The van der Waals surface area contributed by atoms with Gasteiger partial charge in [0.25, 0.3) is 0 Å². The summed E-state index contributed by atoms with van der Waals surface area (Å²) in [6.45, 7) is 2.04. The molecular formula is C15H16O2. The molecule has 1 fully saturated rings. The van der Waals surface area contributed by atoms with Gasteiger partial charge >= 0.3 is 0 Å². The fourth-order valence-electron chi connectivity index (χ4n) is 2.49. The minimum atomic E-state index is 0.237. The summed E-state index contributed by atoms with van der Waals surface area (Å²) in [5, 5.41) is 0.987. The third-order valence-corrected chi connectivity index (χ3v) is 3.71. The van der Waals surface area contributed by atoms with Crippen molar-refractivity contribution in [1.29, 1.82) is 0 Å². The molecule has 1 aliphatic rings. The molecule has 88 valence electrons. The molecule has 2 heteroatoms. The van der Waals surface area contributed by atoms with E-state index in [-0.39, 0.29) is 11.7 Å². The van der Waals surface area contributed by atoms with Crippen molar-refractivity contribution in [2.75, 3.05) is 0 Å². The molecule has 1 heterocycles. The summed E-state index contributed by atoms with van der Waals surface area (Å²) in [6.07, 6.45) is 4.05. The number of para-hydroxylation sites is 1. The normalized spacial score (nSPS) is 16.1. The van der Waals surface area contributed by atoms with E-state index in [1.54, 1.807) is 0 Å². The first-order chi connectivity index (χ1) is 8.31.